The minimum Gasteiger partial charge on any atom is -0.343 e. The van der Waals surface area contributed by atoms with Gasteiger partial charge >= 0.3 is 0 Å². The highest BCUT2D eigenvalue weighted by Crippen LogP contribution is 2.23. The van der Waals surface area contributed by atoms with Crippen LogP contribution in [0, 0.1) is 5.82 Å². The fraction of sp³-hybridized carbons (Fsp3) is 0.500. The summed E-state index contributed by atoms with van der Waals surface area (Å²) in [6.07, 6.45) is 1.49. The van der Waals surface area contributed by atoms with E-state index in [0.717, 1.165) is 13.0 Å². The third-order valence-corrected chi connectivity index (χ3v) is 4.36. The summed E-state index contributed by atoms with van der Waals surface area (Å²) in [6, 6.07) is 4.32. The van der Waals surface area contributed by atoms with Gasteiger partial charge in [0, 0.05) is 33.1 Å². The Labute approximate surface area is 134 Å². The van der Waals surface area contributed by atoms with Gasteiger partial charge in [0.2, 0.25) is 11.8 Å². The number of likely N-dealkylation sites (tertiary alicyclic amines) is 1. The lowest BCUT2D eigenvalue weighted by atomic mass is 10.00. The Kier molecular flexibility index (Phi) is 5.40. The molecule has 1 aliphatic heterocycles. The molecule has 0 spiro atoms. The first-order chi connectivity index (χ1) is 10.4. The molecule has 1 fully saturated rings. The number of carbonyl (C=O) groups excluding carboxylic acids is 2. The van der Waals surface area contributed by atoms with E-state index in [1.54, 1.807) is 29.8 Å². The van der Waals surface area contributed by atoms with E-state index in [2.05, 4.69) is 0 Å². The second-order valence-electron chi connectivity index (χ2n) is 5.64. The van der Waals surface area contributed by atoms with Crippen molar-refractivity contribution in [1.29, 1.82) is 0 Å². The van der Waals surface area contributed by atoms with Crippen LogP contribution in [-0.2, 0) is 9.59 Å². The molecule has 0 aromatic heterocycles. The number of halogens is 2. The first kappa shape index (κ1) is 16.7. The zero-order valence-corrected chi connectivity index (χ0v) is 13.6. The Bertz CT molecular complexity index is 579. The molecular formula is C16H20ClFN2O2. The van der Waals surface area contributed by atoms with Crippen molar-refractivity contribution in [3.8, 4) is 0 Å². The highest BCUT2D eigenvalue weighted by molar-refractivity contribution is 6.30. The summed E-state index contributed by atoms with van der Waals surface area (Å²) >= 11 is 5.76. The number of amides is 2. The number of rotatable bonds is 5. The third-order valence-electron chi connectivity index (χ3n) is 4.07. The Morgan fingerprint density at radius 1 is 1.50 bits per heavy atom. The molecule has 1 atom stereocenters. The Hall–Kier alpha value is -1.62. The molecule has 0 bridgehead atoms. The molecular weight excluding hydrogens is 307 g/mol. The largest absolute Gasteiger partial charge is 0.343 e. The molecule has 4 nitrogen and oxygen atoms in total. The molecule has 2 rings (SSSR count). The summed E-state index contributed by atoms with van der Waals surface area (Å²) in [5, 5.41) is 0.0162. The molecule has 0 aliphatic carbocycles. The van der Waals surface area contributed by atoms with Gasteiger partial charge in [-0.25, -0.2) is 4.39 Å². The SMILES string of the molecule is CC(C(=O)N(C)CCN1CCCC1=O)c1ccc(F)c(Cl)c1. The van der Waals surface area contributed by atoms with Crippen LogP contribution in [0.15, 0.2) is 18.2 Å². The van der Waals surface area contributed by atoms with Gasteiger partial charge in [0.1, 0.15) is 5.82 Å². The van der Waals surface area contributed by atoms with Crippen molar-refractivity contribution >= 4 is 23.4 Å². The van der Waals surface area contributed by atoms with Crippen LogP contribution >= 0.6 is 11.6 Å². The minimum atomic E-state index is -0.494. The van der Waals surface area contributed by atoms with Gasteiger partial charge in [0.15, 0.2) is 0 Å². The fourth-order valence-electron chi connectivity index (χ4n) is 2.58. The van der Waals surface area contributed by atoms with Crippen molar-refractivity contribution in [3.05, 3.63) is 34.6 Å². The Balaban J connectivity index is 1.94. The zero-order valence-electron chi connectivity index (χ0n) is 12.8. The average molecular weight is 327 g/mol. The van der Waals surface area contributed by atoms with E-state index in [9.17, 15) is 14.0 Å². The summed E-state index contributed by atoms with van der Waals surface area (Å²) in [6.45, 7) is 3.58. The number of carbonyl (C=O) groups is 2. The van der Waals surface area contributed by atoms with Gasteiger partial charge in [-0.05, 0) is 31.0 Å². The normalized spacial score (nSPS) is 16.0. The van der Waals surface area contributed by atoms with E-state index >= 15 is 0 Å². The van der Waals surface area contributed by atoms with E-state index in [4.69, 9.17) is 11.6 Å². The number of hydrogen-bond donors (Lipinski definition) is 0. The molecule has 22 heavy (non-hydrogen) atoms. The fourth-order valence-corrected chi connectivity index (χ4v) is 2.77. The lowest BCUT2D eigenvalue weighted by Gasteiger charge is -2.24. The standard InChI is InChI=1S/C16H20ClFN2O2/c1-11(12-5-6-14(18)13(17)10-12)16(22)19(2)8-9-20-7-3-4-15(20)21/h5-6,10-11H,3-4,7-9H2,1-2H3. The molecule has 0 saturated carbocycles. The topological polar surface area (TPSA) is 40.6 Å². The summed E-state index contributed by atoms with van der Waals surface area (Å²) < 4.78 is 13.2. The predicted octanol–water partition coefficient (Wildman–Crippen LogP) is 2.66. The van der Waals surface area contributed by atoms with Gasteiger partial charge in [-0.15, -0.1) is 0 Å². The van der Waals surface area contributed by atoms with Crippen molar-refractivity contribution < 1.29 is 14.0 Å². The van der Waals surface area contributed by atoms with Crippen molar-refractivity contribution in [2.45, 2.75) is 25.7 Å². The van der Waals surface area contributed by atoms with Crippen molar-refractivity contribution in [2.24, 2.45) is 0 Å². The van der Waals surface area contributed by atoms with E-state index in [1.165, 1.54) is 12.1 Å². The summed E-state index contributed by atoms with van der Waals surface area (Å²) in [5.74, 6) is -0.822. The highest BCUT2D eigenvalue weighted by atomic mass is 35.5. The van der Waals surface area contributed by atoms with Crippen LogP contribution in [0.5, 0.6) is 0 Å². The molecule has 0 radical (unpaired) electrons. The minimum absolute atomic E-state index is 0.0162. The maximum absolute atomic E-state index is 13.2. The number of benzene rings is 1. The quantitative estimate of drug-likeness (QED) is 0.834. The van der Waals surface area contributed by atoms with Crippen LogP contribution in [-0.4, -0.2) is 48.3 Å². The Morgan fingerprint density at radius 2 is 2.23 bits per heavy atom. The molecule has 1 unspecified atom stereocenters. The molecule has 0 N–H and O–H groups in total. The number of likely N-dealkylation sites (N-methyl/N-ethyl adjacent to an activating group) is 1. The summed E-state index contributed by atoms with van der Waals surface area (Å²) in [7, 11) is 1.71. The van der Waals surface area contributed by atoms with E-state index in [-0.39, 0.29) is 16.8 Å². The summed E-state index contributed by atoms with van der Waals surface area (Å²) in [5.41, 5.74) is 0.681. The van der Waals surface area contributed by atoms with Crippen LogP contribution < -0.4 is 0 Å². The molecule has 2 amide bonds. The molecule has 1 aromatic carbocycles. The van der Waals surface area contributed by atoms with Gasteiger partial charge in [-0.1, -0.05) is 17.7 Å². The average Bonchev–Trinajstić information content (AvgIpc) is 2.91. The monoisotopic (exact) mass is 326 g/mol. The Morgan fingerprint density at radius 3 is 2.82 bits per heavy atom. The van der Waals surface area contributed by atoms with Crippen LogP contribution in [0.25, 0.3) is 0 Å². The lowest BCUT2D eigenvalue weighted by molar-refractivity contribution is -0.133. The molecule has 1 heterocycles. The summed E-state index contributed by atoms with van der Waals surface area (Å²) in [4.78, 5) is 27.4. The van der Waals surface area contributed by atoms with E-state index in [0.29, 0.717) is 25.1 Å². The van der Waals surface area contributed by atoms with Crippen LogP contribution in [0.4, 0.5) is 4.39 Å². The number of nitrogens with zero attached hydrogens (tertiary/aromatic N) is 2. The van der Waals surface area contributed by atoms with E-state index in [1.807, 2.05) is 0 Å². The van der Waals surface area contributed by atoms with Gasteiger partial charge < -0.3 is 9.80 Å². The van der Waals surface area contributed by atoms with Gasteiger partial charge in [0.05, 0.1) is 10.9 Å². The molecule has 1 saturated heterocycles. The maximum Gasteiger partial charge on any atom is 0.229 e. The molecule has 120 valence electrons. The van der Waals surface area contributed by atoms with Gasteiger partial charge in [-0.3, -0.25) is 9.59 Å². The highest BCUT2D eigenvalue weighted by Gasteiger charge is 2.23. The smallest absolute Gasteiger partial charge is 0.229 e. The first-order valence-corrected chi connectivity index (χ1v) is 7.75. The van der Waals surface area contributed by atoms with Gasteiger partial charge in [0.25, 0.3) is 0 Å². The van der Waals surface area contributed by atoms with Crippen molar-refractivity contribution in [1.82, 2.24) is 9.80 Å². The lowest BCUT2D eigenvalue weighted by Crippen LogP contribution is -2.38. The van der Waals surface area contributed by atoms with E-state index < -0.39 is 11.7 Å². The van der Waals surface area contributed by atoms with Crippen molar-refractivity contribution in [3.63, 3.8) is 0 Å². The first-order valence-electron chi connectivity index (χ1n) is 7.38. The second kappa shape index (κ2) is 7.09. The third kappa shape index (κ3) is 3.77. The molecule has 1 aliphatic rings. The van der Waals surface area contributed by atoms with Crippen LogP contribution in [0.1, 0.15) is 31.2 Å². The maximum atomic E-state index is 13.2. The molecule has 1 aromatic rings. The van der Waals surface area contributed by atoms with Crippen LogP contribution in [0.2, 0.25) is 5.02 Å². The second-order valence-corrected chi connectivity index (χ2v) is 6.05. The van der Waals surface area contributed by atoms with Gasteiger partial charge in [-0.2, -0.15) is 0 Å². The van der Waals surface area contributed by atoms with Crippen molar-refractivity contribution in [2.75, 3.05) is 26.7 Å². The zero-order chi connectivity index (χ0) is 16.3. The number of hydrogen-bond acceptors (Lipinski definition) is 2. The molecule has 6 heteroatoms. The predicted molar refractivity (Wildman–Crippen MR) is 83.3 cm³/mol. The van der Waals surface area contributed by atoms with Crippen LogP contribution in [0.3, 0.4) is 0 Å².